The second kappa shape index (κ2) is 9.75. The molecule has 3 saturated carbocycles. The van der Waals surface area contributed by atoms with E-state index in [0.29, 0.717) is 16.7 Å². The van der Waals surface area contributed by atoms with Crippen molar-refractivity contribution < 1.29 is 5.11 Å². The summed E-state index contributed by atoms with van der Waals surface area (Å²) in [4.78, 5) is 0. The van der Waals surface area contributed by atoms with E-state index in [0.717, 1.165) is 36.0 Å². The zero-order chi connectivity index (χ0) is 23.1. The summed E-state index contributed by atoms with van der Waals surface area (Å²) >= 11 is 0. The summed E-state index contributed by atoms with van der Waals surface area (Å²) in [5, 5.41) is 10.9. The van der Waals surface area contributed by atoms with E-state index in [1.54, 1.807) is 0 Å². The molecule has 1 nitrogen and oxygen atoms in total. The lowest BCUT2D eigenvalue weighted by molar-refractivity contribution is -0.0874. The van der Waals surface area contributed by atoms with Crippen molar-refractivity contribution in [3.63, 3.8) is 0 Å². The molecule has 184 valence electrons. The Morgan fingerprint density at radius 2 is 1.72 bits per heavy atom. The van der Waals surface area contributed by atoms with Gasteiger partial charge in [-0.25, -0.2) is 0 Å². The van der Waals surface area contributed by atoms with Gasteiger partial charge < -0.3 is 5.11 Å². The van der Waals surface area contributed by atoms with Gasteiger partial charge in [-0.3, -0.25) is 0 Å². The molecule has 0 heterocycles. The first-order chi connectivity index (χ1) is 15.2. The van der Waals surface area contributed by atoms with Crippen LogP contribution in [0.1, 0.15) is 131 Å². The molecule has 1 N–H and O–H groups in total. The zero-order valence-corrected chi connectivity index (χ0v) is 22.4. The molecule has 4 aliphatic rings. The molecule has 3 fully saturated rings. The molecule has 8 atom stereocenters. The lowest BCUT2D eigenvalue weighted by Crippen LogP contribution is -2.52. The number of allylic oxidation sites excluding steroid dienone is 2. The molecule has 0 bridgehead atoms. The summed E-state index contributed by atoms with van der Waals surface area (Å²) in [5.41, 5.74) is 4.80. The fourth-order valence-corrected chi connectivity index (χ4v) is 9.57. The molecule has 0 aromatic rings. The van der Waals surface area contributed by atoms with E-state index in [1.807, 2.05) is 11.1 Å². The molecule has 2 unspecified atom stereocenters. The Bertz CT molecular complexity index is 676. The maximum atomic E-state index is 10.9. The molecular weight excluding hydrogens is 388 g/mol. The normalized spacial score (nSPS) is 42.6. The molecule has 0 aliphatic heterocycles. The number of unbranched alkanes of at least 4 members (excludes halogenated alkanes) is 1. The van der Waals surface area contributed by atoms with Crippen molar-refractivity contribution in [3.05, 3.63) is 11.1 Å². The van der Waals surface area contributed by atoms with Crippen LogP contribution in [0.15, 0.2) is 11.1 Å². The molecule has 0 aromatic heterocycles. The van der Waals surface area contributed by atoms with Gasteiger partial charge in [0.05, 0.1) is 6.10 Å². The number of aliphatic hydroxyl groups is 1. The standard InChI is InChI=1S/C31H54O/c1-7-8-12-24-27-14-13-23-26-16-15-25(22(4)11-9-10-21(2)3)30(26,5)19-17-28(23)31(27,6)20-18-29(24)32/h21-22,24-25,27-29,32H,7-20H2,1-6H3/t22-,24?,25-,27?,28+,29+,30-,31+/m1/s1. The van der Waals surface area contributed by atoms with E-state index in [1.165, 1.54) is 83.5 Å². The van der Waals surface area contributed by atoms with Crippen LogP contribution in [-0.2, 0) is 0 Å². The van der Waals surface area contributed by atoms with Crippen LogP contribution in [0.5, 0.6) is 0 Å². The number of rotatable bonds is 8. The summed E-state index contributed by atoms with van der Waals surface area (Å²) in [5.74, 6) is 4.77. The molecule has 1 heteroatoms. The number of fused-ring (bicyclic) bond motifs is 4. The van der Waals surface area contributed by atoms with Gasteiger partial charge in [-0.1, -0.05) is 84.8 Å². The summed E-state index contributed by atoms with van der Waals surface area (Å²) in [6, 6.07) is 0. The van der Waals surface area contributed by atoms with Gasteiger partial charge in [0.25, 0.3) is 0 Å². The first-order valence-electron chi connectivity index (χ1n) is 14.6. The summed E-state index contributed by atoms with van der Waals surface area (Å²) < 4.78 is 0. The molecule has 0 radical (unpaired) electrons. The second-order valence-electron chi connectivity index (χ2n) is 13.5. The van der Waals surface area contributed by atoms with Crippen molar-refractivity contribution in [1.29, 1.82) is 0 Å². The fourth-order valence-electron chi connectivity index (χ4n) is 9.57. The van der Waals surface area contributed by atoms with Crippen LogP contribution in [0, 0.1) is 46.3 Å². The molecule has 4 aliphatic carbocycles. The van der Waals surface area contributed by atoms with Crippen molar-refractivity contribution >= 4 is 0 Å². The molecule has 0 amide bonds. The Morgan fingerprint density at radius 3 is 2.44 bits per heavy atom. The van der Waals surface area contributed by atoms with Gasteiger partial charge in [-0.15, -0.1) is 0 Å². The molecule has 0 saturated heterocycles. The van der Waals surface area contributed by atoms with Gasteiger partial charge in [0.2, 0.25) is 0 Å². The summed E-state index contributed by atoms with van der Waals surface area (Å²) in [6.45, 7) is 15.0. The van der Waals surface area contributed by atoms with Crippen LogP contribution >= 0.6 is 0 Å². The molecule has 0 aromatic carbocycles. The van der Waals surface area contributed by atoms with Crippen molar-refractivity contribution in [2.24, 2.45) is 46.3 Å². The molecule has 4 rings (SSSR count). The van der Waals surface area contributed by atoms with Gasteiger partial charge >= 0.3 is 0 Å². The fraction of sp³-hybridized carbons (Fsp3) is 0.935. The third kappa shape index (κ3) is 4.27. The summed E-state index contributed by atoms with van der Waals surface area (Å²) in [6.07, 6.45) is 18.7. The maximum absolute atomic E-state index is 10.9. The van der Waals surface area contributed by atoms with Gasteiger partial charge in [0.1, 0.15) is 0 Å². The topological polar surface area (TPSA) is 20.2 Å². The van der Waals surface area contributed by atoms with Gasteiger partial charge in [-0.05, 0) is 104 Å². The number of aliphatic hydroxyl groups excluding tert-OH is 1. The molecule has 0 spiro atoms. The average molecular weight is 443 g/mol. The quantitative estimate of drug-likeness (QED) is 0.372. The Labute approximate surface area is 200 Å². The van der Waals surface area contributed by atoms with E-state index >= 15 is 0 Å². The van der Waals surface area contributed by atoms with E-state index in [-0.39, 0.29) is 6.10 Å². The Balaban J connectivity index is 1.54. The lowest BCUT2D eigenvalue weighted by Gasteiger charge is -2.59. The van der Waals surface area contributed by atoms with Crippen LogP contribution in [0.3, 0.4) is 0 Å². The van der Waals surface area contributed by atoms with Crippen molar-refractivity contribution in [3.8, 4) is 0 Å². The van der Waals surface area contributed by atoms with Gasteiger partial charge in [-0.2, -0.15) is 0 Å². The maximum Gasteiger partial charge on any atom is 0.0571 e. The average Bonchev–Trinajstić information content (AvgIpc) is 3.10. The SMILES string of the molecule is CCCCC1C2CCC3=C4CC[C@H]([C@H](C)CCCC(C)C)[C@@]4(C)CC[C@@H]3[C@@]2(C)CC[C@@H]1O. The Morgan fingerprint density at radius 1 is 0.938 bits per heavy atom. The van der Waals surface area contributed by atoms with E-state index in [4.69, 9.17) is 0 Å². The highest BCUT2D eigenvalue weighted by Crippen LogP contribution is 2.66. The van der Waals surface area contributed by atoms with Gasteiger partial charge in [0, 0.05) is 0 Å². The third-order valence-corrected chi connectivity index (χ3v) is 11.4. The highest BCUT2D eigenvalue weighted by Gasteiger charge is 2.57. The van der Waals surface area contributed by atoms with Crippen LogP contribution in [0.2, 0.25) is 0 Å². The Hall–Kier alpha value is -0.300. The van der Waals surface area contributed by atoms with Crippen molar-refractivity contribution in [2.45, 2.75) is 138 Å². The predicted molar refractivity (Wildman–Crippen MR) is 138 cm³/mol. The monoisotopic (exact) mass is 442 g/mol. The van der Waals surface area contributed by atoms with E-state index in [9.17, 15) is 5.11 Å². The van der Waals surface area contributed by atoms with E-state index < -0.39 is 0 Å². The second-order valence-corrected chi connectivity index (χ2v) is 13.5. The largest absolute Gasteiger partial charge is 0.393 e. The lowest BCUT2D eigenvalue weighted by atomic mass is 9.46. The highest BCUT2D eigenvalue weighted by atomic mass is 16.3. The Kier molecular flexibility index (Phi) is 7.56. The predicted octanol–water partition coefficient (Wildman–Crippen LogP) is 8.95. The smallest absolute Gasteiger partial charge is 0.0571 e. The first-order valence-corrected chi connectivity index (χ1v) is 14.6. The first kappa shape index (κ1) is 24.8. The third-order valence-electron chi connectivity index (χ3n) is 11.4. The zero-order valence-electron chi connectivity index (χ0n) is 22.4. The van der Waals surface area contributed by atoms with Crippen molar-refractivity contribution in [2.75, 3.05) is 0 Å². The minimum atomic E-state index is -0.0368. The van der Waals surface area contributed by atoms with Gasteiger partial charge in [0.15, 0.2) is 0 Å². The van der Waals surface area contributed by atoms with Crippen molar-refractivity contribution in [1.82, 2.24) is 0 Å². The summed E-state index contributed by atoms with van der Waals surface area (Å²) in [7, 11) is 0. The number of hydrogen-bond acceptors (Lipinski definition) is 1. The molecular formula is C31H54O. The minimum absolute atomic E-state index is 0.0368. The molecule has 32 heavy (non-hydrogen) atoms. The number of hydrogen-bond donors (Lipinski definition) is 1. The van der Waals surface area contributed by atoms with Crippen LogP contribution in [0.25, 0.3) is 0 Å². The minimum Gasteiger partial charge on any atom is -0.393 e. The van der Waals surface area contributed by atoms with E-state index in [2.05, 4.69) is 41.5 Å². The van der Waals surface area contributed by atoms with Crippen LogP contribution in [0.4, 0.5) is 0 Å². The van der Waals surface area contributed by atoms with Crippen LogP contribution < -0.4 is 0 Å². The highest BCUT2D eigenvalue weighted by molar-refractivity contribution is 5.35. The van der Waals surface area contributed by atoms with Crippen LogP contribution in [-0.4, -0.2) is 11.2 Å².